The third-order valence-electron chi connectivity index (χ3n) is 4.89. The molecule has 0 bridgehead atoms. The van der Waals surface area contributed by atoms with Gasteiger partial charge in [0.15, 0.2) is 5.75 Å². The van der Waals surface area contributed by atoms with E-state index in [4.69, 9.17) is 9.47 Å². The van der Waals surface area contributed by atoms with Gasteiger partial charge < -0.3 is 24.3 Å². The number of carboxylic acids is 1. The van der Waals surface area contributed by atoms with Crippen LogP contribution in [0.4, 0.5) is 14.5 Å². The summed E-state index contributed by atoms with van der Waals surface area (Å²) in [6, 6.07) is 15.6. The van der Waals surface area contributed by atoms with Gasteiger partial charge in [0.1, 0.15) is 30.6 Å². The van der Waals surface area contributed by atoms with Crippen molar-refractivity contribution in [3.63, 3.8) is 0 Å². The van der Waals surface area contributed by atoms with Crippen LogP contribution in [-0.2, 0) is 13.2 Å². The van der Waals surface area contributed by atoms with Crippen LogP contribution in [-0.4, -0.2) is 19.1 Å². The number of halogens is 2. The number of hydrogen-bond acceptors (Lipinski definition) is 5. The molecule has 0 radical (unpaired) electrons. The maximum Gasteiger partial charge on any atom is 1.00 e. The number of nitrogens with zero attached hydrogens (tertiary/aromatic N) is 1. The van der Waals surface area contributed by atoms with E-state index in [9.17, 15) is 18.7 Å². The third kappa shape index (κ3) is 5.18. The topological polar surface area (TPSA) is 61.8 Å². The molecule has 0 fully saturated rings. The molecule has 1 heterocycles. The predicted octanol–water partition coefficient (Wildman–Crippen LogP) is 0.310. The molecule has 3 aromatic rings. The largest absolute Gasteiger partial charge is 1.00 e. The molecule has 5 nitrogen and oxygen atoms in total. The average Bonchev–Trinajstić information content (AvgIpc) is 2.74. The van der Waals surface area contributed by atoms with Crippen LogP contribution in [0.2, 0.25) is 0 Å². The molecule has 1 aliphatic heterocycles. The van der Waals surface area contributed by atoms with Crippen molar-refractivity contribution in [3.8, 4) is 11.5 Å². The van der Waals surface area contributed by atoms with Crippen LogP contribution in [0.25, 0.3) is 0 Å². The van der Waals surface area contributed by atoms with Crippen molar-refractivity contribution in [2.24, 2.45) is 0 Å². The minimum absolute atomic E-state index is 0. The van der Waals surface area contributed by atoms with Crippen LogP contribution < -0.4 is 49.0 Å². The number of benzene rings is 3. The first kappa shape index (κ1) is 23.1. The Morgan fingerprint density at radius 2 is 1.87 bits per heavy atom. The van der Waals surface area contributed by atoms with Crippen LogP contribution in [0.5, 0.6) is 11.5 Å². The van der Waals surface area contributed by atoms with Gasteiger partial charge in [-0.3, -0.25) is 0 Å². The number of carbonyl (C=O) groups is 1. The molecule has 0 unspecified atom stereocenters. The molecule has 0 N–H and O–H groups in total. The number of carbonyl (C=O) groups excluding carboxylic acids is 1. The molecule has 31 heavy (non-hydrogen) atoms. The first-order chi connectivity index (χ1) is 14.5. The SMILES string of the molecule is O=C([O-])c1cccc2c1OCCN2Cc1ccccc1OCc1ccc(F)cc1F.[Na+]. The second-order valence-electron chi connectivity index (χ2n) is 6.84. The average molecular weight is 433 g/mol. The fraction of sp³-hybridized carbons (Fsp3) is 0.174. The van der Waals surface area contributed by atoms with E-state index in [1.165, 1.54) is 18.2 Å². The molecule has 8 heteroatoms. The van der Waals surface area contributed by atoms with E-state index in [0.717, 1.165) is 11.6 Å². The van der Waals surface area contributed by atoms with Crippen molar-refractivity contribution >= 4 is 11.7 Å². The van der Waals surface area contributed by atoms with Crippen molar-refractivity contribution in [2.75, 3.05) is 18.1 Å². The maximum atomic E-state index is 13.9. The van der Waals surface area contributed by atoms with Crippen molar-refractivity contribution in [3.05, 3.63) is 89.0 Å². The molecule has 154 valence electrons. The standard InChI is InChI=1S/C23H19F2NO4.Na/c24-17-9-8-16(19(25)12-17)14-30-21-7-2-1-4-15(21)13-26-10-11-29-22-18(23(27)28)5-3-6-20(22)26;/h1-9,12H,10-11,13-14H2,(H,27,28);/q;+1/p-1. The molecule has 0 saturated heterocycles. The molecule has 0 aliphatic carbocycles. The quantitative estimate of drug-likeness (QED) is 0.524. The Bertz CT molecular complexity index is 1090. The van der Waals surface area contributed by atoms with Gasteiger partial charge in [-0.15, -0.1) is 0 Å². The monoisotopic (exact) mass is 433 g/mol. The van der Waals surface area contributed by atoms with Gasteiger partial charge in [-0.2, -0.15) is 0 Å². The summed E-state index contributed by atoms with van der Waals surface area (Å²) in [5.74, 6) is -1.75. The van der Waals surface area contributed by atoms with Gasteiger partial charge in [0.2, 0.25) is 0 Å². The van der Waals surface area contributed by atoms with Crippen LogP contribution >= 0.6 is 0 Å². The Morgan fingerprint density at radius 1 is 1.06 bits per heavy atom. The Kier molecular flexibility index (Phi) is 7.54. The molecule has 0 atom stereocenters. The Labute approximate surface area is 200 Å². The number of carboxylic acid groups (broad SMARTS) is 1. The van der Waals surface area contributed by atoms with Gasteiger partial charge >= 0.3 is 29.6 Å². The van der Waals surface area contributed by atoms with Crippen molar-refractivity contribution in [2.45, 2.75) is 13.2 Å². The van der Waals surface area contributed by atoms with Crippen molar-refractivity contribution in [1.82, 2.24) is 0 Å². The Morgan fingerprint density at radius 3 is 2.65 bits per heavy atom. The number of hydrogen-bond donors (Lipinski definition) is 0. The van der Waals surface area contributed by atoms with Crippen LogP contribution in [0, 0.1) is 11.6 Å². The Balaban J connectivity index is 0.00000272. The fourth-order valence-corrected chi connectivity index (χ4v) is 3.40. The maximum absolute atomic E-state index is 13.9. The van der Waals surface area contributed by atoms with Crippen molar-refractivity contribution in [1.29, 1.82) is 0 Å². The normalized spacial score (nSPS) is 12.4. The van der Waals surface area contributed by atoms with E-state index in [2.05, 4.69) is 0 Å². The molecule has 1 aliphatic rings. The summed E-state index contributed by atoms with van der Waals surface area (Å²) in [6.07, 6.45) is 0. The molecule has 4 rings (SSSR count). The number of fused-ring (bicyclic) bond motifs is 1. The zero-order valence-corrected chi connectivity index (χ0v) is 18.9. The summed E-state index contributed by atoms with van der Waals surface area (Å²) in [7, 11) is 0. The molecular weight excluding hydrogens is 415 g/mol. The second kappa shape index (κ2) is 10.1. The van der Waals surface area contributed by atoms with Gasteiger partial charge in [-0.05, 0) is 30.3 Å². The zero-order valence-electron chi connectivity index (χ0n) is 16.9. The fourth-order valence-electron chi connectivity index (χ4n) is 3.40. The van der Waals surface area contributed by atoms with Gasteiger partial charge in [0, 0.05) is 29.3 Å². The summed E-state index contributed by atoms with van der Waals surface area (Å²) < 4.78 is 38.4. The predicted molar refractivity (Wildman–Crippen MR) is 104 cm³/mol. The molecule has 3 aromatic carbocycles. The van der Waals surface area contributed by atoms with Crippen molar-refractivity contribution < 1.29 is 57.7 Å². The molecule has 0 aromatic heterocycles. The summed E-state index contributed by atoms with van der Waals surface area (Å²) in [4.78, 5) is 13.4. The molecule has 0 saturated carbocycles. The van der Waals surface area contributed by atoms with Gasteiger partial charge in [0.25, 0.3) is 0 Å². The Hall–Kier alpha value is -2.61. The molecule has 0 spiro atoms. The minimum atomic E-state index is -1.29. The number of anilines is 1. The van der Waals surface area contributed by atoms with Crippen LogP contribution in [0.1, 0.15) is 21.5 Å². The second-order valence-corrected chi connectivity index (χ2v) is 6.84. The number of ether oxygens (including phenoxy) is 2. The van der Waals surface area contributed by atoms with E-state index >= 15 is 0 Å². The summed E-state index contributed by atoms with van der Waals surface area (Å²) in [5, 5.41) is 11.4. The van der Waals surface area contributed by atoms with E-state index < -0.39 is 17.6 Å². The van der Waals surface area contributed by atoms with Crippen LogP contribution in [0.15, 0.2) is 60.7 Å². The summed E-state index contributed by atoms with van der Waals surface area (Å²) in [6.45, 7) is 1.29. The van der Waals surface area contributed by atoms with E-state index in [1.807, 2.05) is 17.0 Å². The molecular formula is C23H18F2NNaO4. The van der Waals surface area contributed by atoms with Crippen LogP contribution in [0.3, 0.4) is 0 Å². The van der Waals surface area contributed by atoms with E-state index in [1.54, 1.807) is 24.3 Å². The number of para-hydroxylation sites is 2. The smallest absolute Gasteiger partial charge is 0.545 e. The van der Waals surface area contributed by atoms with Gasteiger partial charge in [-0.1, -0.05) is 24.3 Å². The number of aromatic carboxylic acids is 1. The first-order valence-corrected chi connectivity index (χ1v) is 9.39. The van der Waals surface area contributed by atoms with Gasteiger partial charge in [-0.25, -0.2) is 8.78 Å². The third-order valence-corrected chi connectivity index (χ3v) is 4.89. The zero-order chi connectivity index (χ0) is 21.1. The minimum Gasteiger partial charge on any atom is -0.545 e. The molecule has 0 amide bonds. The summed E-state index contributed by atoms with van der Waals surface area (Å²) >= 11 is 0. The van der Waals surface area contributed by atoms with E-state index in [0.29, 0.717) is 31.1 Å². The first-order valence-electron chi connectivity index (χ1n) is 9.39. The van der Waals surface area contributed by atoms with E-state index in [-0.39, 0.29) is 53.0 Å². The summed E-state index contributed by atoms with van der Waals surface area (Å²) in [5.41, 5.74) is 1.75. The van der Waals surface area contributed by atoms with Gasteiger partial charge in [0.05, 0.1) is 18.2 Å². The number of rotatable bonds is 6.